The minimum absolute atomic E-state index is 0.401. The molecule has 0 aromatic heterocycles. The second kappa shape index (κ2) is 12.1. The summed E-state index contributed by atoms with van der Waals surface area (Å²) < 4.78 is 5.79. The first-order chi connectivity index (χ1) is 19.1. The molecule has 5 rings (SSSR count). The van der Waals surface area contributed by atoms with E-state index in [2.05, 4.69) is 132 Å². The van der Waals surface area contributed by atoms with Crippen LogP contribution in [0.2, 0.25) is 24.2 Å². The molecule has 2 aliphatic carbocycles. The molecular formula is C38H50SiTi. The number of allylic oxidation sites excluding steroid dienone is 4. The molecule has 1 atom stereocenters. The molecule has 0 saturated heterocycles. The van der Waals surface area contributed by atoms with Crippen molar-refractivity contribution in [1.29, 1.82) is 0 Å². The Kier molecular flexibility index (Phi) is 8.96. The van der Waals surface area contributed by atoms with Crippen LogP contribution >= 0.6 is 0 Å². The summed E-state index contributed by atoms with van der Waals surface area (Å²) in [6.07, 6.45) is 5.38. The molecule has 0 N–H and O–H groups in total. The molecule has 2 aliphatic rings. The van der Waals surface area contributed by atoms with Crippen LogP contribution in [0.5, 0.6) is 0 Å². The molecule has 1 unspecified atom stereocenters. The standard InChI is InChI=1S/C17H29Si.3C7H7.Ti/c1-13-11-14(12-18(5,6)17(2,3)4)16-10-8-7-9-15(13)16;3*1-7-5-3-2-4-6-7;/h14H,7-10,12H2,1-6H3;3*2-6H,1H2;. The van der Waals surface area contributed by atoms with Gasteiger partial charge in [-0.05, 0) is 0 Å². The van der Waals surface area contributed by atoms with E-state index in [9.17, 15) is 0 Å². The molecule has 0 radical (unpaired) electrons. The van der Waals surface area contributed by atoms with Gasteiger partial charge in [-0.15, -0.1) is 0 Å². The fourth-order valence-electron chi connectivity index (χ4n) is 7.58. The molecule has 2 heteroatoms. The first-order valence-corrected chi connectivity index (χ1v) is 23.0. The molecule has 0 aliphatic heterocycles. The zero-order valence-corrected chi connectivity index (χ0v) is 28.5. The first-order valence-electron chi connectivity index (χ1n) is 15.6. The monoisotopic (exact) mass is 582 g/mol. The molecule has 0 spiro atoms. The van der Waals surface area contributed by atoms with Gasteiger partial charge < -0.3 is 0 Å². The molecule has 3 aromatic rings. The zero-order chi connectivity index (χ0) is 28.4. The Morgan fingerprint density at radius 1 is 0.675 bits per heavy atom. The fraction of sp³-hybridized carbons (Fsp3) is 0.421. The van der Waals surface area contributed by atoms with Crippen molar-refractivity contribution in [1.82, 2.24) is 0 Å². The second-order valence-electron chi connectivity index (χ2n) is 14.4. The Morgan fingerprint density at radius 3 is 1.52 bits per heavy atom. The third kappa shape index (κ3) is 6.28. The van der Waals surface area contributed by atoms with Crippen LogP contribution in [-0.2, 0) is 30.8 Å². The molecule has 0 heterocycles. The molecule has 0 amide bonds. The van der Waals surface area contributed by atoms with E-state index in [1.54, 1.807) is 27.8 Å². The van der Waals surface area contributed by atoms with Gasteiger partial charge in [0, 0.05) is 0 Å². The van der Waals surface area contributed by atoms with Gasteiger partial charge in [-0.1, -0.05) is 0 Å². The Bertz CT molecular complexity index is 1240. The summed E-state index contributed by atoms with van der Waals surface area (Å²) in [5, 5.41) is 0.401. The Balaban J connectivity index is 1.72. The summed E-state index contributed by atoms with van der Waals surface area (Å²) in [5.41, 5.74) is 10.0. The Labute approximate surface area is 249 Å². The van der Waals surface area contributed by atoms with Crippen molar-refractivity contribution < 1.29 is 16.6 Å². The van der Waals surface area contributed by atoms with Crippen molar-refractivity contribution in [3.8, 4) is 0 Å². The predicted octanol–water partition coefficient (Wildman–Crippen LogP) is 11.0. The average Bonchev–Trinajstić information content (AvgIpc) is 3.21. The quantitative estimate of drug-likeness (QED) is 0.220. The first kappa shape index (κ1) is 29.6. The van der Waals surface area contributed by atoms with Gasteiger partial charge in [0.25, 0.3) is 0 Å². The van der Waals surface area contributed by atoms with Crippen LogP contribution in [0.25, 0.3) is 0 Å². The fourth-order valence-corrected chi connectivity index (χ4v) is 19.3. The molecular weight excluding hydrogens is 532 g/mol. The van der Waals surface area contributed by atoms with Crippen LogP contribution in [-0.4, -0.2) is 8.07 Å². The van der Waals surface area contributed by atoms with Crippen LogP contribution in [0, 0.1) is 5.92 Å². The molecule has 0 saturated carbocycles. The van der Waals surface area contributed by atoms with Gasteiger partial charge in [-0.2, -0.15) is 0 Å². The van der Waals surface area contributed by atoms with Crippen molar-refractivity contribution in [2.24, 2.45) is 5.92 Å². The normalized spacial score (nSPS) is 18.3. The molecule has 0 bridgehead atoms. The van der Waals surface area contributed by atoms with Crippen molar-refractivity contribution in [2.45, 2.75) is 91.7 Å². The van der Waals surface area contributed by atoms with Gasteiger partial charge >= 0.3 is 251 Å². The molecule has 210 valence electrons. The number of hydrogen-bond donors (Lipinski definition) is 0. The van der Waals surface area contributed by atoms with E-state index in [1.165, 1.54) is 45.9 Å². The van der Waals surface area contributed by atoms with Crippen LogP contribution in [0.3, 0.4) is 0 Å². The van der Waals surface area contributed by atoms with E-state index >= 15 is 0 Å². The third-order valence-electron chi connectivity index (χ3n) is 10.6. The summed E-state index contributed by atoms with van der Waals surface area (Å²) in [4.78, 5) is 0. The van der Waals surface area contributed by atoms with Crippen LogP contribution in [0.4, 0.5) is 0 Å². The number of rotatable bonds is 9. The van der Waals surface area contributed by atoms with E-state index < -0.39 is 24.7 Å². The topological polar surface area (TPSA) is 0 Å². The maximum atomic E-state index is 2.68. The molecule has 40 heavy (non-hydrogen) atoms. The second-order valence-corrected chi connectivity index (χ2v) is 26.6. The molecule has 0 nitrogen and oxygen atoms in total. The van der Waals surface area contributed by atoms with Gasteiger partial charge in [0.15, 0.2) is 0 Å². The van der Waals surface area contributed by atoms with E-state index in [0.29, 0.717) is 11.0 Å². The maximum absolute atomic E-state index is 2.84. The molecule has 3 aromatic carbocycles. The van der Waals surface area contributed by atoms with E-state index in [1.807, 2.05) is 9.45 Å². The van der Waals surface area contributed by atoms with E-state index in [-0.39, 0.29) is 0 Å². The van der Waals surface area contributed by atoms with E-state index in [0.717, 1.165) is 0 Å². The number of hydrogen-bond acceptors (Lipinski definition) is 0. The van der Waals surface area contributed by atoms with Crippen LogP contribution < -0.4 is 0 Å². The van der Waals surface area contributed by atoms with Gasteiger partial charge in [-0.3, -0.25) is 0 Å². The van der Waals surface area contributed by atoms with Crippen molar-refractivity contribution in [3.63, 3.8) is 0 Å². The van der Waals surface area contributed by atoms with Gasteiger partial charge in [0.2, 0.25) is 0 Å². The minimum atomic E-state index is -2.84. The SMILES string of the molecule is CC1=[C]([Ti]([CH2]c2ccccc2)([CH2]c2ccccc2)[CH2]c2ccccc2)C(C[Si](C)(C)C(C)(C)C)C2=C1CCCC2. The zero-order valence-electron chi connectivity index (χ0n) is 25.9. The van der Waals surface area contributed by atoms with Crippen LogP contribution in [0.15, 0.2) is 112 Å². The Hall–Kier alpha value is -1.93. The van der Waals surface area contributed by atoms with Crippen molar-refractivity contribution in [2.75, 3.05) is 0 Å². The third-order valence-corrected chi connectivity index (χ3v) is 24.1. The predicted molar refractivity (Wildman–Crippen MR) is 174 cm³/mol. The van der Waals surface area contributed by atoms with Crippen LogP contribution in [0.1, 0.15) is 70.1 Å². The summed E-state index contributed by atoms with van der Waals surface area (Å²) in [5.74, 6) is 0.673. The van der Waals surface area contributed by atoms with Gasteiger partial charge in [0.05, 0.1) is 0 Å². The number of benzene rings is 3. The molecule has 0 fully saturated rings. The van der Waals surface area contributed by atoms with Crippen molar-refractivity contribution in [3.05, 3.63) is 128 Å². The van der Waals surface area contributed by atoms with Gasteiger partial charge in [0.1, 0.15) is 0 Å². The average molecular weight is 583 g/mol. The van der Waals surface area contributed by atoms with Gasteiger partial charge in [-0.25, -0.2) is 0 Å². The summed E-state index contributed by atoms with van der Waals surface area (Å²) in [7, 11) is -1.51. The summed E-state index contributed by atoms with van der Waals surface area (Å²) in [6, 6.07) is 36.0. The summed E-state index contributed by atoms with van der Waals surface area (Å²) in [6.45, 7) is 15.5. The summed E-state index contributed by atoms with van der Waals surface area (Å²) >= 11 is -2.84. The van der Waals surface area contributed by atoms with Crippen molar-refractivity contribution >= 4 is 8.07 Å². The van der Waals surface area contributed by atoms with E-state index in [4.69, 9.17) is 0 Å². The Morgan fingerprint density at radius 2 is 1.10 bits per heavy atom.